The summed E-state index contributed by atoms with van der Waals surface area (Å²) in [6.07, 6.45) is 8.70. The molecule has 0 amide bonds. The van der Waals surface area contributed by atoms with E-state index in [1.165, 1.54) is 5.57 Å². The van der Waals surface area contributed by atoms with Crippen LogP contribution in [0.1, 0.15) is 13.3 Å². The number of hydrogen-bond donors (Lipinski definition) is 0. The van der Waals surface area contributed by atoms with Crippen LogP contribution in [0.3, 0.4) is 0 Å². The van der Waals surface area contributed by atoms with E-state index in [2.05, 4.69) is 25.3 Å². The average Bonchev–Trinajstić information content (AvgIpc) is 2.33. The van der Waals surface area contributed by atoms with E-state index in [-0.39, 0.29) is 0 Å². The Labute approximate surface area is 74.0 Å². The summed E-state index contributed by atoms with van der Waals surface area (Å²) in [5.41, 5.74) is 1.98. The van der Waals surface area contributed by atoms with Gasteiger partial charge in [-0.05, 0) is 19.4 Å². The van der Waals surface area contributed by atoms with Gasteiger partial charge in [-0.25, -0.2) is 0 Å². The first kappa shape index (κ1) is 10.4. The zero-order chi connectivity index (χ0) is 9.40. The van der Waals surface area contributed by atoms with E-state index in [9.17, 15) is 0 Å². The van der Waals surface area contributed by atoms with Crippen molar-refractivity contribution in [1.29, 1.82) is 5.26 Å². The molecule has 1 heteroatoms. The molecule has 1 aliphatic rings. The monoisotopic (exact) mass is 159 g/mol. The van der Waals surface area contributed by atoms with Gasteiger partial charge < -0.3 is 0 Å². The van der Waals surface area contributed by atoms with Gasteiger partial charge in [-0.1, -0.05) is 23.8 Å². The Morgan fingerprint density at radius 2 is 2.00 bits per heavy atom. The fraction of sp³-hybridized carbons (Fsp3) is 0.182. The molecule has 12 heavy (non-hydrogen) atoms. The summed E-state index contributed by atoms with van der Waals surface area (Å²) in [7, 11) is 0. The summed E-state index contributed by atoms with van der Waals surface area (Å²) in [4.78, 5) is 0. The third-order valence-electron chi connectivity index (χ3n) is 1.43. The molecule has 0 aliphatic heterocycles. The van der Waals surface area contributed by atoms with Gasteiger partial charge in [0.05, 0.1) is 6.07 Å². The van der Waals surface area contributed by atoms with Gasteiger partial charge in [0.2, 0.25) is 0 Å². The lowest BCUT2D eigenvalue weighted by Gasteiger charge is -1.82. The van der Waals surface area contributed by atoms with Gasteiger partial charge in [-0.3, -0.25) is 0 Å². The summed E-state index contributed by atoms with van der Waals surface area (Å²) >= 11 is 0. The lowest BCUT2D eigenvalue weighted by atomic mass is 10.2. The highest BCUT2D eigenvalue weighted by Crippen LogP contribution is 2.08. The maximum absolute atomic E-state index is 8.51. The van der Waals surface area contributed by atoms with Crippen LogP contribution in [0.15, 0.2) is 48.6 Å². The fourth-order valence-corrected chi connectivity index (χ4v) is 0.812. The molecule has 0 aromatic heterocycles. The van der Waals surface area contributed by atoms with Crippen LogP contribution in [-0.4, -0.2) is 0 Å². The predicted octanol–water partition coefficient (Wildman–Crippen LogP) is 3.14. The molecule has 0 saturated carbocycles. The van der Waals surface area contributed by atoms with Gasteiger partial charge in [0.1, 0.15) is 0 Å². The normalized spacial score (nSPS) is 14.3. The molecule has 1 aliphatic carbocycles. The Hall–Kier alpha value is -1.55. The third-order valence-corrected chi connectivity index (χ3v) is 1.43. The van der Waals surface area contributed by atoms with Crippen LogP contribution >= 0.6 is 0 Å². The van der Waals surface area contributed by atoms with Crippen molar-refractivity contribution >= 4 is 0 Å². The van der Waals surface area contributed by atoms with Gasteiger partial charge in [-0.15, -0.1) is 13.2 Å². The van der Waals surface area contributed by atoms with Crippen molar-refractivity contribution in [3.8, 4) is 6.07 Å². The Bertz CT molecular complexity index is 261. The standard InChI is InChI=1S/C9H9N.C2H4/c1-8-3-2-4-9(7-10)6-5-8;1-2/h3-6H,2H2,1H3;1-2H2. The van der Waals surface area contributed by atoms with E-state index in [4.69, 9.17) is 5.26 Å². The molecule has 0 fully saturated rings. The summed E-state index contributed by atoms with van der Waals surface area (Å²) in [5.74, 6) is 0. The van der Waals surface area contributed by atoms with Crippen LogP contribution in [0.25, 0.3) is 0 Å². The molecule has 62 valence electrons. The van der Waals surface area contributed by atoms with Crippen molar-refractivity contribution in [3.63, 3.8) is 0 Å². The molecule has 0 N–H and O–H groups in total. The average molecular weight is 159 g/mol. The van der Waals surface area contributed by atoms with Crippen LogP contribution in [0.2, 0.25) is 0 Å². The second-order valence-corrected chi connectivity index (χ2v) is 2.29. The number of hydrogen-bond acceptors (Lipinski definition) is 1. The smallest absolute Gasteiger partial charge is 0.0988 e. The lowest BCUT2D eigenvalue weighted by Crippen LogP contribution is -1.67. The SMILES string of the molecule is C=C.CC1=CCC=C(C#N)C=C1. The number of rotatable bonds is 0. The van der Waals surface area contributed by atoms with Gasteiger partial charge in [0, 0.05) is 5.57 Å². The maximum Gasteiger partial charge on any atom is 0.0988 e. The Balaban J connectivity index is 0.000000561. The number of allylic oxidation sites excluding steroid dienone is 6. The molecule has 0 spiro atoms. The van der Waals surface area contributed by atoms with Gasteiger partial charge in [-0.2, -0.15) is 5.26 Å². The summed E-state index contributed by atoms with van der Waals surface area (Å²) in [5, 5.41) is 8.51. The van der Waals surface area contributed by atoms with Crippen molar-refractivity contribution < 1.29 is 0 Å². The van der Waals surface area contributed by atoms with E-state index in [1.54, 1.807) is 0 Å². The van der Waals surface area contributed by atoms with Crippen LogP contribution < -0.4 is 0 Å². The van der Waals surface area contributed by atoms with Crippen molar-refractivity contribution in [2.45, 2.75) is 13.3 Å². The van der Waals surface area contributed by atoms with Crippen LogP contribution in [-0.2, 0) is 0 Å². The second-order valence-electron chi connectivity index (χ2n) is 2.29. The minimum atomic E-state index is 0.758. The van der Waals surface area contributed by atoms with E-state index in [1.807, 2.05) is 25.2 Å². The lowest BCUT2D eigenvalue weighted by molar-refractivity contribution is 1.34. The second kappa shape index (κ2) is 6.18. The highest BCUT2D eigenvalue weighted by atomic mass is 14.2. The van der Waals surface area contributed by atoms with Crippen molar-refractivity contribution in [3.05, 3.63) is 48.6 Å². The molecule has 0 radical (unpaired) electrons. The zero-order valence-electron chi connectivity index (χ0n) is 7.38. The van der Waals surface area contributed by atoms with Gasteiger partial charge in [0.25, 0.3) is 0 Å². The molecule has 0 saturated heterocycles. The predicted molar refractivity (Wildman–Crippen MR) is 52.5 cm³/mol. The summed E-state index contributed by atoms with van der Waals surface area (Å²) in [6, 6.07) is 2.11. The highest BCUT2D eigenvalue weighted by molar-refractivity contribution is 5.39. The topological polar surface area (TPSA) is 23.8 Å². The molecular weight excluding hydrogens is 146 g/mol. The van der Waals surface area contributed by atoms with Crippen LogP contribution in [0, 0.1) is 11.3 Å². The van der Waals surface area contributed by atoms with Crippen LogP contribution in [0.4, 0.5) is 0 Å². The molecule has 0 heterocycles. The van der Waals surface area contributed by atoms with Crippen LogP contribution in [0.5, 0.6) is 0 Å². The van der Waals surface area contributed by atoms with E-state index in [0.717, 1.165) is 12.0 Å². The molecular formula is C11H13N. The van der Waals surface area contributed by atoms with Crippen molar-refractivity contribution in [2.24, 2.45) is 0 Å². The minimum Gasteiger partial charge on any atom is -0.192 e. The Morgan fingerprint density at radius 1 is 1.33 bits per heavy atom. The first-order chi connectivity index (χ1) is 5.83. The first-order valence-electron chi connectivity index (χ1n) is 3.78. The van der Waals surface area contributed by atoms with Crippen molar-refractivity contribution in [2.75, 3.05) is 0 Å². The third kappa shape index (κ3) is 3.58. The molecule has 1 rings (SSSR count). The summed E-state index contributed by atoms with van der Waals surface area (Å²) in [6.45, 7) is 8.03. The molecule has 1 nitrogen and oxygen atoms in total. The number of nitrogens with zero attached hydrogens (tertiary/aromatic N) is 1. The molecule has 0 unspecified atom stereocenters. The number of nitriles is 1. The minimum absolute atomic E-state index is 0.758. The quantitative estimate of drug-likeness (QED) is 0.498. The fourth-order valence-electron chi connectivity index (χ4n) is 0.812. The van der Waals surface area contributed by atoms with E-state index in [0.29, 0.717) is 0 Å². The van der Waals surface area contributed by atoms with E-state index < -0.39 is 0 Å². The molecule has 0 aromatic carbocycles. The van der Waals surface area contributed by atoms with E-state index >= 15 is 0 Å². The first-order valence-corrected chi connectivity index (χ1v) is 3.78. The van der Waals surface area contributed by atoms with Crippen molar-refractivity contribution in [1.82, 2.24) is 0 Å². The zero-order valence-corrected chi connectivity index (χ0v) is 7.38. The molecule has 0 bridgehead atoms. The maximum atomic E-state index is 8.51. The van der Waals surface area contributed by atoms with Gasteiger partial charge >= 0.3 is 0 Å². The Kier molecular flexibility index (Phi) is 5.38. The molecule has 0 aromatic rings. The molecule has 0 atom stereocenters. The Morgan fingerprint density at radius 3 is 2.58 bits per heavy atom. The largest absolute Gasteiger partial charge is 0.192 e. The van der Waals surface area contributed by atoms with Gasteiger partial charge in [0.15, 0.2) is 0 Å². The summed E-state index contributed by atoms with van der Waals surface area (Å²) < 4.78 is 0. The highest BCUT2D eigenvalue weighted by Gasteiger charge is 1.91.